The van der Waals surface area contributed by atoms with Crippen LogP contribution >= 0.6 is 15.6 Å². The topological polar surface area (TPSA) is 237 Å². The van der Waals surface area contributed by atoms with Gasteiger partial charge in [-0.3, -0.25) is 37.3 Å². The predicted molar refractivity (Wildman–Crippen MR) is 418 cm³/mol. The van der Waals surface area contributed by atoms with E-state index < -0.39 is 97.5 Å². The van der Waals surface area contributed by atoms with Crippen molar-refractivity contribution in [3.8, 4) is 0 Å². The molecular weight excluding hydrogens is 1330 g/mol. The Kier molecular flexibility index (Phi) is 70.6. The van der Waals surface area contributed by atoms with E-state index in [0.29, 0.717) is 31.6 Å². The Hall–Kier alpha value is -1.94. The van der Waals surface area contributed by atoms with Gasteiger partial charge in [-0.25, -0.2) is 9.13 Å². The third-order valence-electron chi connectivity index (χ3n) is 19.3. The van der Waals surface area contributed by atoms with Gasteiger partial charge in [0.2, 0.25) is 0 Å². The molecule has 0 spiro atoms. The molecule has 17 nitrogen and oxygen atoms in total. The van der Waals surface area contributed by atoms with E-state index in [0.717, 1.165) is 114 Å². The molecule has 102 heavy (non-hydrogen) atoms. The van der Waals surface area contributed by atoms with Crippen molar-refractivity contribution in [1.82, 2.24) is 0 Å². The first-order valence-electron chi connectivity index (χ1n) is 42.7. The number of carbonyl (C=O) groups excluding carboxylic acids is 4. The molecule has 0 aromatic rings. The van der Waals surface area contributed by atoms with Crippen LogP contribution in [0.2, 0.25) is 0 Å². The van der Waals surface area contributed by atoms with Crippen molar-refractivity contribution >= 4 is 39.5 Å². The highest BCUT2D eigenvalue weighted by molar-refractivity contribution is 7.47. The van der Waals surface area contributed by atoms with Gasteiger partial charge in [0.1, 0.15) is 19.3 Å². The maximum atomic E-state index is 13.1. The highest BCUT2D eigenvalue weighted by atomic mass is 31.2. The van der Waals surface area contributed by atoms with Gasteiger partial charge in [0.05, 0.1) is 26.4 Å². The van der Waals surface area contributed by atoms with Gasteiger partial charge in [0.15, 0.2) is 12.2 Å². The van der Waals surface area contributed by atoms with Crippen LogP contribution < -0.4 is 0 Å². The first-order valence-corrected chi connectivity index (χ1v) is 45.7. The quantitative estimate of drug-likeness (QED) is 0.0222. The van der Waals surface area contributed by atoms with Gasteiger partial charge < -0.3 is 33.8 Å². The molecule has 0 aliphatic heterocycles. The highest BCUT2D eigenvalue weighted by Crippen LogP contribution is 2.45. The van der Waals surface area contributed by atoms with Gasteiger partial charge in [-0.1, -0.05) is 376 Å². The van der Waals surface area contributed by atoms with Gasteiger partial charge in [-0.15, -0.1) is 0 Å². The number of hydrogen-bond acceptors (Lipinski definition) is 15. The van der Waals surface area contributed by atoms with E-state index >= 15 is 0 Å². The van der Waals surface area contributed by atoms with Gasteiger partial charge in [-0.05, 0) is 49.4 Å². The molecule has 3 unspecified atom stereocenters. The molecule has 0 aliphatic rings. The molecule has 0 aromatic carbocycles. The maximum Gasteiger partial charge on any atom is 0.472 e. The minimum atomic E-state index is -4.96. The molecule has 0 radical (unpaired) electrons. The Balaban J connectivity index is 5.22. The summed E-state index contributed by atoms with van der Waals surface area (Å²) >= 11 is 0. The second kappa shape index (κ2) is 72.0. The largest absolute Gasteiger partial charge is 0.472 e. The molecule has 19 heteroatoms. The summed E-state index contributed by atoms with van der Waals surface area (Å²) < 4.78 is 68.8. The average molecular weight is 1490 g/mol. The lowest BCUT2D eigenvalue weighted by molar-refractivity contribution is -0.161. The van der Waals surface area contributed by atoms with Crippen LogP contribution in [0.3, 0.4) is 0 Å². The molecule has 0 saturated heterocycles. The summed E-state index contributed by atoms with van der Waals surface area (Å²) in [6.07, 6.45) is 59.8. The number of ether oxygens (including phenoxy) is 4. The summed E-state index contributed by atoms with van der Waals surface area (Å²) in [6.45, 7) is 14.3. The molecule has 0 heterocycles. The Morgan fingerprint density at radius 3 is 0.608 bits per heavy atom. The van der Waals surface area contributed by atoms with Crippen LogP contribution in [0.25, 0.3) is 0 Å². The summed E-state index contributed by atoms with van der Waals surface area (Å²) in [5, 5.41) is 10.7. The fourth-order valence-electron chi connectivity index (χ4n) is 12.8. The smallest absolute Gasteiger partial charge is 0.462 e. The van der Waals surface area contributed by atoms with E-state index in [1.165, 1.54) is 225 Å². The summed E-state index contributed by atoms with van der Waals surface area (Å²) in [4.78, 5) is 73.1. The number of phosphoric ester groups is 2. The first-order chi connectivity index (χ1) is 49.1. The molecule has 0 aromatic heterocycles. The predicted octanol–water partition coefficient (Wildman–Crippen LogP) is 24.8. The molecule has 5 atom stereocenters. The zero-order chi connectivity index (χ0) is 75.3. The van der Waals surface area contributed by atoms with E-state index in [1.807, 2.05) is 0 Å². The van der Waals surface area contributed by atoms with Crippen molar-refractivity contribution in [2.45, 2.75) is 446 Å². The van der Waals surface area contributed by atoms with E-state index in [9.17, 15) is 43.2 Å². The number of phosphoric acid groups is 2. The maximum absolute atomic E-state index is 13.1. The lowest BCUT2D eigenvalue weighted by atomic mass is 10.0. The third kappa shape index (κ3) is 76.3. The van der Waals surface area contributed by atoms with E-state index in [2.05, 4.69) is 55.4 Å². The Labute approximate surface area is 626 Å². The summed E-state index contributed by atoms with van der Waals surface area (Å²) in [5.41, 5.74) is 0. The Morgan fingerprint density at radius 2 is 0.412 bits per heavy atom. The SMILES string of the molecule is CC(C)CCCCCCCCCCCCCCCCCCCCC(=O)OC[C@H](COP(=O)(O)OCC(O)COP(=O)(O)OC[C@@H](COC(=O)CCCCCCCCCC(C)C)OC(=O)CCCCCCCCCCCCCCC(C)C)OC(=O)CCCCCCCCCCCCCCCC(C)C. The number of rotatable bonds is 80. The van der Waals surface area contributed by atoms with Crippen LogP contribution in [0.4, 0.5) is 0 Å². The van der Waals surface area contributed by atoms with Crippen molar-refractivity contribution in [2.24, 2.45) is 23.7 Å². The van der Waals surface area contributed by atoms with Crippen molar-refractivity contribution in [3.05, 3.63) is 0 Å². The number of aliphatic hydroxyl groups is 1. The van der Waals surface area contributed by atoms with Crippen molar-refractivity contribution < 1.29 is 80.2 Å². The molecular formula is C83H162O17P2. The monoisotopic (exact) mass is 1490 g/mol. The van der Waals surface area contributed by atoms with Crippen LogP contribution in [-0.2, 0) is 65.4 Å². The zero-order valence-corrected chi connectivity index (χ0v) is 69.0. The van der Waals surface area contributed by atoms with Crippen LogP contribution in [0.5, 0.6) is 0 Å². The van der Waals surface area contributed by atoms with Gasteiger partial charge in [0, 0.05) is 25.7 Å². The molecule has 0 fully saturated rings. The number of hydrogen-bond donors (Lipinski definition) is 3. The molecule has 0 rings (SSSR count). The molecule has 0 saturated carbocycles. The van der Waals surface area contributed by atoms with Crippen molar-refractivity contribution in [1.29, 1.82) is 0 Å². The van der Waals surface area contributed by atoms with Crippen LogP contribution in [0.1, 0.15) is 428 Å². The second-order valence-electron chi connectivity index (χ2n) is 31.8. The minimum Gasteiger partial charge on any atom is -0.462 e. The number of esters is 4. The van der Waals surface area contributed by atoms with Crippen LogP contribution in [-0.4, -0.2) is 96.7 Å². The van der Waals surface area contributed by atoms with E-state index in [4.69, 9.17) is 37.0 Å². The van der Waals surface area contributed by atoms with Gasteiger partial charge in [0.25, 0.3) is 0 Å². The number of aliphatic hydroxyl groups excluding tert-OH is 1. The molecule has 0 bridgehead atoms. The normalized spacial score (nSPS) is 14.0. The van der Waals surface area contributed by atoms with Gasteiger partial charge >= 0.3 is 39.5 Å². The molecule has 606 valence electrons. The highest BCUT2D eigenvalue weighted by Gasteiger charge is 2.30. The fourth-order valence-corrected chi connectivity index (χ4v) is 14.4. The summed E-state index contributed by atoms with van der Waals surface area (Å²) in [6, 6.07) is 0. The molecule has 0 amide bonds. The molecule has 0 aliphatic carbocycles. The minimum absolute atomic E-state index is 0.106. The third-order valence-corrected chi connectivity index (χ3v) is 21.2. The van der Waals surface area contributed by atoms with Crippen molar-refractivity contribution in [2.75, 3.05) is 39.6 Å². The second-order valence-corrected chi connectivity index (χ2v) is 34.7. The molecule has 3 N–H and O–H groups in total. The van der Waals surface area contributed by atoms with Gasteiger partial charge in [-0.2, -0.15) is 0 Å². The van der Waals surface area contributed by atoms with E-state index in [-0.39, 0.29) is 25.7 Å². The zero-order valence-electron chi connectivity index (χ0n) is 67.2. The summed E-state index contributed by atoms with van der Waals surface area (Å²) in [7, 11) is -9.92. The Morgan fingerprint density at radius 1 is 0.245 bits per heavy atom. The van der Waals surface area contributed by atoms with Crippen molar-refractivity contribution in [3.63, 3.8) is 0 Å². The van der Waals surface area contributed by atoms with E-state index in [1.54, 1.807) is 0 Å². The lowest BCUT2D eigenvalue weighted by Crippen LogP contribution is -2.30. The van der Waals surface area contributed by atoms with Crippen LogP contribution in [0, 0.1) is 23.7 Å². The van der Waals surface area contributed by atoms with Crippen LogP contribution in [0.15, 0.2) is 0 Å². The lowest BCUT2D eigenvalue weighted by Gasteiger charge is -2.21. The number of unbranched alkanes of at least 4 members (excludes halogenated alkanes) is 46. The fraction of sp³-hybridized carbons (Fsp3) is 0.952. The average Bonchev–Trinajstić information content (AvgIpc) is 0.912. The first kappa shape index (κ1) is 100. The standard InChI is InChI=1S/C83H162O17P2/c1-73(2)59-51-43-35-28-22-16-13-11-9-10-12-14-18-25-31-39-47-55-63-80(85)93-69-78(99-82(87)65-57-49-40-32-26-19-15-17-23-29-36-44-52-60-74(3)4)71-97-101(89,90)95-67-77(84)68-96-102(91,92)98-72-79(70-94-81(86)64-56-48-42-34-38-46-54-62-76(7)8)100-83(88)66-58-50-41-33-27-21-20-24-30-37-45-53-61-75(5)6/h73-79,84H,9-72H2,1-8H3,(H,89,90)(H,91,92)/t77?,78-,79-/m1/s1. The Bertz CT molecular complexity index is 1990. The number of carbonyl (C=O) groups is 4. The summed E-state index contributed by atoms with van der Waals surface area (Å²) in [5.74, 6) is 0.979.